The summed E-state index contributed by atoms with van der Waals surface area (Å²) in [5.41, 5.74) is 1.32. The van der Waals surface area contributed by atoms with Crippen molar-refractivity contribution in [3.63, 3.8) is 0 Å². The van der Waals surface area contributed by atoms with Gasteiger partial charge >= 0.3 is 6.09 Å². The standard InChI is InChI=1S/C30H42FN3O4/c1-4-22-10-5-11-23(20-22)28-25(13-6-14-26(28)31)30(37,16-9-18-33-29(36)38-3)24-12-8-19-34(21-24)27(35)15-7-17-32-2/h5-6,10-11,13-14,20,24,32,37H,4,7-9,12,15-19,21H2,1-3H3,(H,33,36). The first-order chi connectivity index (χ1) is 18.3. The van der Waals surface area contributed by atoms with Crippen molar-refractivity contribution in [1.29, 1.82) is 0 Å². The third-order valence-electron chi connectivity index (χ3n) is 7.56. The molecule has 0 saturated carbocycles. The Kier molecular flexibility index (Phi) is 11.1. The van der Waals surface area contributed by atoms with Crippen LogP contribution in [0.15, 0.2) is 42.5 Å². The van der Waals surface area contributed by atoms with Crippen molar-refractivity contribution >= 4 is 12.0 Å². The normalized spacial score (nSPS) is 17.1. The molecule has 208 valence electrons. The second-order valence-corrected chi connectivity index (χ2v) is 10.0. The molecule has 0 aromatic heterocycles. The molecule has 2 aromatic carbocycles. The number of hydrogen-bond acceptors (Lipinski definition) is 5. The van der Waals surface area contributed by atoms with Gasteiger partial charge < -0.3 is 25.4 Å². The number of rotatable bonds is 12. The summed E-state index contributed by atoms with van der Waals surface area (Å²) in [6, 6.07) is 12.6. The minimum absolute atomic E-state index is 0.0785. The number of aryl methyl sites for hydroxylation is 1. The minimum atomic E-state index is -1.40. The number of aliphatic hydroxyl groups is 1. The second-order valence-electron chi connectivity index (χ2n) is 10.0. The first-order valence-electron chi connectivity index (χ1n) is 13.7. The second kappa shape index (κ2) is 14.3. The molecule has 2 atom stereocenters. The SMILES string of the molecule is CCc1cccc(-c2c(F)cccc2C(O)(CCCNC(=O)OC)C2CCCN(C(=O)CCCNC)C2)c1. The number of carbonyl (C=O) groups is 2. The molecule has 1 saturated heterocycles. The number of piperidine rings is 1. The summed E-state index contributed by atoms with van der Waals surface area (Å²) in [7, 11) is 3.17. The van der Waals surface area contributed by atoms with Crippen LogP contribution in [0.1, 0.15) is 56.6 Å². The van der Waals surface area contributed by atoms with Gasteiger partial charge in [-0.3, -0.25) is 4.79 Å². The lowest BCUT2D eigenvalue weighted by molar-refractivity contribution is -0.136. The van der Waals surface area contributed by atoms with Crippen LogP contribution in [-0.4, -0.2) is 62.3 Å². The molecule has 1 aliphatic heterocycles. The summed E-state index contributed by atoms with van der Waals surface area (Å²) in [5, 5.41) is 18.2. The van der Waals surface area contributed by atoms with Gasteiger partial charge in [-0.25, -0.2) is 9.18 Å². The van der Waals surface area contributed by atoms with Gasteiger partial charge in [0.05, 0.1) is 12.7 Å². The zero-order valence-corrected chi connectivity index (χ0v) is 22.9. The third kappa shape index (κ3) is 7.32. The van der Waals surface area contributed by atoms with Crippen molar-refractivity contribution in [2.24, 2.45) is 5.92 Å². The number of alkyl carbamates (subject to hydrolysis) is 1. The van der Waals surface area contributed by atoms with Gasteiger partial charge in [-0.15, -0.1) is 0 Å². The van der Waals surface area contributed by atoms with E-state index in [2.05, 4.69) is 22.3 Å². The van der Waals surface area contributed by atoms with Crippen molar-refractivity contribution in [3.8, 4) is 11.1 Å². The van der Waals surface area contributed by atoms with E-state index in [0.29, 0.717) is 56.4 Å². The molecular weight excluding hydrogens is 485 g/mol. The summed E-state index contributed by atoms with van der Waals surface area (Å²) in [5.74, 6) is -0.593. The minimum Gasteiger partial charge on any atom is -0.453 e. The quantitative estimate of drug-likeness (QED) is 0.351. The highest BCUT2D eigenvalue weighted by Crippen LogP contribution is 2.44. The number of likely N-dealkylation sites (tertiary alicyclic amines) is 1. The van der Waals surface area contributed by atoms with Crippen molar-refractivity contribution in [1.82, 2.24) is 15.5 Å². The highest BCUT2D eigenvalue weighted by molar-refractivity contribution is 5.76. The highest BCUT2D eigenvalue weighted by atomic mass is 19.1. The Morgan fingerprint density at radius 1 is 1.18 bits per heavy atom. The highest BCUT2D eigenvalue weighted by Gasteiger charge is 2.43. The Morgan fingerprint density at radius 2 is 1.97 bits per heavy atom. The molecule has 0 radical (unpaired) electrons. The predicted octanol–water partition coefficient (Wildman–Crippen LogP) is 4.62. The van der Waals surface area contributed by atoms with Crippen LogP contribution in [0.25, 0.3) is 11.1 Å². The van der Waals surface area contributed by atoms with E-state index in [9.17, 15) is 14.7 Å². The van der Waals surface area contributed by atoms with Crippen LogP contribution in [0.4, 0.5) is 9.18 Å². The molecule has 2 unspecified atom stereocenters. The van der Waals surface area contributed by atoms with Crippen molar-refractivity contribution < 1.29 is 23.8 Å². The molecule has 0 bridgehead atoms. The van der Waals surface area contributed by atoms with E-state index in [-0.39, 0.29) is 11.8 Å². The molecule has 7 nitrogen and oxygen atoms in total. The van der Waals surface area contributed by atoms with Crippen molar-refractivity contribution in [3.05, 3.63) is 59.4 Å². The fraction of sp³-hybridized carbons (Fsp3) is 0.533. The van der Waals surface area contributed by atoms with Crippen LogP contribution in [0, 0.1) is 11.7 Å². The topological polar surface area (TPSA) is 90.9 Å². The number of benzene rings is 2. The maximum absolute atomic E-state index is 15.5. The number of amides is 2. The van der Waals surface area contributed by atoms with E-state index in [0.717, 1.165) is 36.9 Å². The first-order valence-corrected chi connectivity index (χ1v) is 13.7. The van der Waals surface area contributed by atoms with Gasteiger partial charge in [0.15, 0.2) is 0 Å². The fourth-order valence-corrected chi connectivity index (χ4v) is 5.47. The van der Waals surface area contributed by atoms with E-state index < -0.39 is 17.5 Å². The lowest BCUT2D eigenvalue weighted by atomic mass is 9.72. The molecule has 38 heavy (non-hydrogen) atoms. The third-order valence-corrected chi connectivity index (χ3v) is 7.56. The Hall–Kier alpha value is -2.97. The predicted molar refractivity (Wildman–Crippen MR) is 147 cm³/mol. The van der Waals surface area contributed by atoms with Crippen LogP contribution >= 0.6 is 0 Å². The summed E-state index contributed by atoms with van der Waals surface area (Å²) in [6.07, 6.45) is 3.72. The number of hydrogen-bond donors (Lipinski definition) is 3. The molecule has 2 amide bonds. The molecule has 0 spiro atoms. The van der Waals surface area contributed by atoms with Gasteiger partial charge in [0.2, 0.25) is 5.91 Å². The number of carbonyl (C=O) groups excluding carboxylic acids is 2. The number of nitrogens with zero attached hydrogens (tertiary/aromatic N) is 1. The molecule has 1 fully saturated rings. The Bertz CT molecular complexity index is 1080. The first kappa shape index (κ1) is 29.6. The van der Waals surface area contributed by atoms with E-state index >= 15 is 4.39 Å². The van der Waals surface area contributed by atoms with Crippen LogP contribution in [0.2, 0.25) is 0 Å². The Morgan fingerprint density at radius 3 is 2.71 bits per heavy atom. The lowest BCUT2D eigenvalue weighted by Gasteiger charge is -2.43. The van der Waals surface area contributed by atoms with E-state index in [1.165, 1.54) is 13.2 Å². The fourth-order valence-electron chi connectivity index (χ4n) is 5.47. The van der Waals surface area contributed by atoms with Crippen LogP contribution < -0.4 is 10.6 Å². The summed E-state index contributed by atoms with van der Waals surface area (Å²) < 4.78 is 20.2. The van der Waals surface area contributed by atoms with Crippen LogP contribution in [-0.2, 0) is 21.6 Å². The average molecular weight is 528 g/mol. The maximum Gasteiger partial charge on any atom is 0.406 e. The van der Waals surface area contributed by atoms with Gasteiger partial charge in [0.1, 0.15) is 5.82 Å². The Labute approximate surface area is 225 Å². The summed E-state index contributed by atoms with van der Waals surface area (Å²) >= 11 is 0. The molecule has 3 N–H and O–H groups in total. The smallest absolute Gasteiger partial charge is 0.406 e. The van der Waals surface area contributed by atoms with Crippen LogP contribution in [0.3, 0.4) is 0 Å². The van der Waals surface area contributed by atoms with Crippen molar-refractivity contribution in [2.75, 3.05) is 40.3 Å². The molecule has 1 aliphatic rings. The van der Waals surface area contributed by atoms with Gasteiger partial charge in [0, 0.05) is 37.5 Å². The van der Waals surface area contributed by atoms with E-state index in [1.54, 1.807) is 12.1 Å². The summed E-state index contributed by atoms with van der Waals surface area (Å²) in [4.78, 5) is 26.4. The van der Waals surface area contributed by atoms with Gasteiger partial charge in [0.25, 0.3) is 0 Å². The monoisotopic (exact) mass is 527 g/mol. The molecule has 8 heteroatoms. The number of methoxy groups -OCH3 is 1. The largest absolute Gasteiger partial charge is 0.453 e. The number of ether oxygens (including phenoxy) is 1. The average Bonchev–Trinajstić information content (AvgIpc) is 2.95. The molecule has 2 aromatic rings. The van der Waals surface area contributed by atoms with Crippen LogP contribution in [0.5, 0.6) is 0 Å². The Balaban J connectivity index is 1.98. The van der Waals surface area contributed by atoms with E-state index in [4.69, 9.17) is 0 Å². The zero-order valence-electron chi connectivity index (χ0n) is 22.9. The number of halogens is 1. The van der Waals surface area contributed by atoms with E-state index in [1.807, 2.05) is 36.2 Å². The van der Waals surface area contributed by atoms with Gasteiger partial charge in [-0.05, 0) is 74.9 Å². The summed E-state index contributed by atoms with van der Waals surface area (Å²) in [6.45, 7) is 4.19. The zero-order chi connectivity index (χ0) is 27.5. The molecule has 0 aliphatic carbocycles. The molecule has 3 rings (SSSR count). The van der Waals surface area contributed by atoms with Gasteiger partial charge in [-0.1, -0.05) is 43.3 Å². The lowest BCUT2D eigenvalue weighted by Crippen LogP contribution is -2.48. The van der Waals surface area contributed by atoms with Gasteiger partial charge in [-0.2, -0.15) is 0 Å². The maximum atomic E-state index is 15.5. The molecule has 1 heterocycles. The number of nitrogens with one attached hydrogen (secondary N) is 2. The van der Waals surface area contributed by atoms with Crippen molar-refractivity contribution in [2.45, 2.75) is 57.5 Å². The molecular formula is C30H42FN3O4.